The van der Waals surface area contributed by atoms with Crippen LogP contribution in [0, 0.1) is 0 Å². The zero-order valence-electron chi connectivity index (χ0n) is 16.7. The van der Waals surface area contributed by atoms with Gasteiger partial charge in [0.2, 0.25) is 0 Å². The molecule has 2 aromatic carbocycles. The van der Waals surface area contributed by atoms with Crippen molar-refractivity contribution in [1.82, 2.24) is 4.90 Å². The van der Waals surface area contributed by atoms with E-state index in [1.807, 2.05) is 11.8 Å². The Kier molecular flexibility index (Phi) is 7.69. The SMILES string of the molecule is CCCOc1ccc(C(=O)Nc2ccc(C(=O)N3CCCCCC3)cc2)cc1Br. The van der Waals surface area contributed by atoms with Crippen LogP contribution in [-0.2, 0) is 0 Å². The molecule has 1 aliphatic heterocycles. The quantitative estimate of drug-likeness (QED) is 0.620. The van der Waals surface area contributed by atoms with Gasteiger partial charge in [0.05, 0.1) is 11.1 Å². The van der Waals surface area contributed by atoms with Crippen LogP contribution in [0.5, 0.6) is 5.75 Å². The smallest absolute Gasteiger partial charge is 0.255 e. The van der Waals surface area contributed by atoms with E-state index in [4.69, 9.17) is 4.74 Å². The maximum absolute atomic E-state index is 12.7. The number of nitrogens with one attached hydrogen (secondary N) is 1. The summed E-state index contributed by atoms with van der Waals surface area (Å²) in [4.78, 5) is 27.2. The molecular weight excluding hydrogens is 432 g/mol. The van der Waals surface area contributed by atoms with Gasteiger partial charge in [-0.05, 0) is 77.7 Å². The first-order valence-corrected chi connectivity index (χ1v) is 11.0. The van der Waals surface area contributed by atoms with Gasteiger partial charge in [-0.3, -0.25) is 9.59 Å². The van der Waals surface area contributed by atoms with Crippen molar-refractivity contribution < 1.29 is 14.3 Å². The summed E-state index contributed by atoms with van der Waals surface area (Å²) in [5.41, 5.74) is 1.85. The molecule has 0 spiro atoms. The van der Waals surface area contributed by atoms with Crippen LogP contribution in [0.1, 0.15) is 59.7 Å². The van der Waals surface area contributed by atoms with E-state index < -0.39 is 0 Å². The molecule has 5 nitrogen and oxygen atoms in total. The van der Waals surface area contributed by atoms with Crippen molar-refractivity contribution in [1.29, 1.82) is 0 Å². The molecule has 29 heavy (non-hydrogen) atoms. The monoisotopic (exact) mass is 458 g/mol. The zero-order valence-corrected chi connectivity index (χ0v) is 18.3. The van der Waals surface area contributed by atoms with Gasteiger partial charge >= 0.3 is 0 Å². The Balaban J connectivity index is 1.62. The van der Waals surface area contributed by atoms with Crippen molar-refractivity contribution >= 4 is 33.4 Å². The fourth-order valence-electron chi connectivity index (χ4n) is 3.33. The van der Waals surface area contributed by atoms with E-state index in [-0.39, 0.29) is 11.8 Å². The fraction of sp³-hybridized carbons (Fsp3) is 0.391. The molecule has 1 N–H and O–H groups in total. The van der Waals surface area contributed by atoms with Gasteiger partial charge in [-0.2, -0.15) is 0 Å². The topological polar surface area (TPSA) is 58.6 Å². The molecule has 0 aliphatic carbocycles. The second-order valence-corrected chi connectivity index (χ2v) is 8.09. The van der Waals surface area contributed by atoms with E-state index >= 15 is 0 Å². The molecule has 0 atom stereocenters. The summed E-state index contributed by atoms with van der Waals surface area (Å²) >= 11 is 3.45. The van der Waals surface area contributed by atoms with Crippen LogP contribution in [-0.4, -0.2) is 36.4 Å². The molecule has 154 valence electrons. The molecule has 1 aliphatic rings. The number of anilines is 1. The van der Waals surface area contributed by atoms with Gasteiger partial charge in [0.25, 0.3) is 11.8 Å². The third-order valence-corrected chi connectivity index (χ3v) is 5.56. The Bertz CT molecular complexity index is 844. The standard InChI is InChI=1S/C23H27BrN2O3/c1-2-15-29-21-12-9-18(16-20(21)24)22(27)25-19-10-7-17(8-11-19)23(28)26-13-5-3-4-6-14-26/h7-12,16H,2-6,13-15H2,1H3,(H,25,27). The summed E-state index contributed by atoms with van der Waals surface area (Å²) in [6, 6.07) is 12.4. The third-order valence-electron chi connectivity index (χ3n) is 4.94. The summed E-state index contributed by atoms with van der Waals surface area (Å²) < 4.78 is 6.37. The van der Waals surface area contributed by atoms with Crippen molar-refractivity contribution in [2.75, 3.05) is 25.0 Å². The first-order chi connectivity index (χ1) is 14.1. The first kappa shape index (κ1) is 21.4. The molecule has 0 aromatic heterocycles. The van der Waals surface area contributed by atoms with Crippen LogP contribution in [0.4, 0.5) is 5.69 Å². The number of likely N-dealkylation sites (tertiary alicyclic amines) is 1. The molecule has 0 bridgehead atoms. The number of nitrogens with zero attached hydrogens (tertiary/aromatic N) is 1. The Morgan fingerprint density at radius 2 is 1.66 bits per heavy atom. The predicted octanol–water partition coefficient (Wildman–Crippen LogP) is 5.51. The van der Waals surface area contributed by atoms with Crippen LogP contribution in [0.15, 0.2) is 46.9 Å². The molecule has 1 fully saturated rings. The molecule has 2 aromatic rings. The number of benzene rings is 2. The van der Waals surface area contributed by atoms with Gasteiger partial charge in [-0.1, -0.05) is 19.8 Å². The predicted molar refractivity (Wildman–Crippen MR) is 119 cm³/mol. The highest BCUT2D eigenvalue weighted by molar-refractivity contribution is 9.10. The highest BCUT2D eigenvalue weighted by Crippen LogP contribution is 2.26. The number of ether oxygens (including phenoxy) is 1. The maximum atomic E-state index is 12.7. The van der Waals surface area contributed by atoms with Crippen LogP contribution < -0.4 is 10.1 Å². The van der Waals surface area contributed by atoms with Gasteiger partial charge in [-0.25, -0.2) is 0 Å². The van der Waals surface area contributed by atoms with Crippen molar-refractivity contribution in [2.24, 2.45) is 0 Å². The van der Waals surface area contributed by atoms with E-state index in [1.165, 1.54) is 12.8 Å². The molecule has 0 saturated carbocycles. The molecule has 0 unspecified atom stereocenters. The Labute approximate surface area is 180 Å². The summed E-state index contributed by atoms with van der Waals surface area (Å²) in [5, 5.41) is 2.88. The highest BCUT2D eigenvalue weighted by atomic mass is 79.9. The lowest BCUT2D eigenvalue weighted by molar-refractivity contribution is 0.0761. The fourth-order valence-corrected chi connectivity index (χ4v) is 3.82. The Morgan fingerprint density at radius 1 is 1.00 bits per heavy atom. The average molecular weight is 459 g/mol. The van der Waals surface area contributed by atoms with Crippen LogP contribution >= 0.6 is 15.9 Å². The summed E-state index contributed by atoms with van der Waals surface area (Å²) in [7, 11) is 0. The van der Waals surface area contributed by atoms with Gasteiger partial charge in [0, 0.05) is 29.9 Å². The molecular formula is C23H27BrN2O3. The molecule has 1 heterocycles. The van der Waals surface area contributed by atoms with Crippen molar-refractivity contribution in [3.63, 3.8) is 0 Å². The number of amides is 2. The zero-order chi connectivity index (χ0) is 20.6. The largest absolute Gasteiger partial charge is 0.492 e. The summed E-state index contributed by atoms with van der Waals surface area (Å²) in [6.07, 6.45) is 5.44. The lowest BCUT2D eigenvalue weighted by Gasteiger charge is -2.20. The number of carbonyl (C=O) groups is 2. The number of rotatable bonds is 6. The van der Waals surface area contributed by atoms with Crippen LogP contribution in [0.25, 0.3) is 0 Å². The molecule has 6 heteroatoms. The Hall–Kier alpha value is -2.34. The van der Waals surface area contributed by atoms with Crippen molar-refractivity contribution in [3.8, 4) is 5.75 Å². The van der Waals surface area contributed by atoms with Gasteiger partial charge in [0.1, 0.15) is 5.75 Å². The first-order valence-electron chi connectivity index (χ1n) is 10.2. The van der Waals surface area contributed by atoms with E-state index in [1.54, 1.807) is 42.5 Å². The minimum atomic E-state index is -0.209. The highest BCUT2D eigenvalue weighted by Gasteiger charge is 2.17. The minimum Gasteiger partial charge on any atom is -0.492 e. The average Bonchev–Trinajstić information content (AvgIpc) is 3.02. The van der Waals surface area contributed by atoms with E-state index in [2.05, 4.69) is 21.2 Å². The molecule has 0 radical (unpaired) electrons. The van der Waals surface area contributed by atoms with Crippen LogP contribution in [0.3, 0.4) is 0 Å². The molecule has 3 rings (SSSR count). The second-order valence-electron chi connectivity index (χ2n) is 7.23. The van der Waals surface area contributed by atoms with E-state index in [9.17, 15) is 9.59 Å². The van der Waals surface area contributed by atoms with Gasteiger partial charge in [-0.15, -0.1) is 0 Å². The minimum absolute atomic E-state index is 0.0661. The number of hydrogen-bond acceptors (Lipinski definition) is 3. The van der Waals surface area contributed by atoms with Crippen molar-refractivity contribution in [3.05, 3.63) is 58.1 Å². The molecule has 2 amide bonds. The van der Waals surface area contributed by atoms with Crippen molar-refractivity contribution in [2.45, 2.75) is 39.0 Å². The van der Waals surface area contributed by atoms with Crippen LogP contribution in [0.2, 0.25) is 0 Å². The normalized spacial score (nSPS) is 14.2. The second kappa shape index (κ2) is 10.4. The van der Waals surface area contributed by atoms with Gasteiger partial charge in [0.15, 0.2) is 0 Å². The summed E-state index contributed by atoms with van der Waals surface area (Å²) in [5.74, 6) is 0.579. The number of carbonyl (C=O) groups excluding carboxylic acids is 2. The number of hydrogen-bond donors (Lipinski definition) is 1. The lowest BCUT2D eigenvalue weighted by atomic mass is 10.1. The van der Waals surface area contributed by atoms with E-state index in [0.29, 0.717) is 23.4 Å². The molecule has 1 saturated heterocycles. The third kappa shape index (κ3) is 5.82. The van der Waals surface area contributed by atoms with Gasteiger partial charge < -0.3 is 15.0 Å². The summed E-state index contributed by atoms with van der Waals surface area (Å²) in [6.45, 7) is 4.32. The maximum Gasteiger partial charge on any atom is 0.255 e. The van der Waals surface area contributed by atoms with E-state index in [0.717, 1.165) is 42.6 Å². The number of halogens is 1. The lowest BCUT2D eigenvalue weighted by Crippen LogP contribution is -2.31. The Morgan fingerprint density at radius 3 is 2.28 bits per heavy atom.